The lowest BCUT2D eigenvalue weighted by Crippen LogP contribution is -2.13. The van der Waals surface area contributed by atoms with Crippen LogP contribution in [0.5, 0.6) is 0 Å². The van der Waals surface area contributed by atoms with Gasteiger partial charge < -0.3 is 5.32 Å². The number of nitrogens with one attached hydrogen (secondary N) is 1. The van der Waals surface area contributed by atoms with Crippen LogP contribution in [0.15, 0.2) is 18.3 Å². The van der Waals surface area contributed by atoms with Crippen molar-refractivity contribution in [2.24, 2.45) is 0 Å². The summed E-state index contributed by atoms with van der Waals surface area (Å²) < 4.78 is 0. The van der Waals surface area contributed by atoms with Crippen LogP contribution in [0.4, 0.5) is 0 Å². The molecule has 0 atom stereocenters. The molecule has 2 heterocycles. The van der Waals surface area contributed by atoms with Crippen molar-refractivity contribution in [1.82, 2.24) is 15.3 Å². The van der Waals surface area contributed by atoms with Gasteiger partial charge in [-0.25, -0.2) is 4.98 Å². The first-order chi connectivity index (χ1) is 8.70. The van der Waals surface area contributed by atoms with Gasteiger partial charge >= 0.3 is 0 Å². The highest BCUT2D eigenvalue weighted by molar-refractivity contribution is 7.15. The quantitative estimate of drug-likeness (QED) is 0.850. The van der Waals surface area contributed by atoms with Crippen LogP contribution in [0.3, 0.4) is 0 Å². The number of aryl methyl sites for hydroxylation is 1. The summed E-state index contributed by atoms with van der Waals surface area (Å²) in [6, 6.07) is 3.75. The lowest BCUT2D eigenvalue weighted by Gasteiger charge is -1.99. The first kappa shape index (κ1) is 13.5. The summed E-state index contributed by atoms with van der Waals surface area (Å²) in [5.74, 6) is 0. The first-order valence-corrected chi connectivity index (χ1v) is 7.19. The molecule has 0 saturated heterocycles. The fraction of sp³-hybridized carbons (Fsp3) is 0.385. The van der Waals surface area contributed by atoms with E-state index in [0.29, 0.717) is 5.02 Å². The maximum absolute atomic E-state index is 5.83. The maximum Gasteiger partial charge on any atom is 0.142 e. The summed E-state index contributed by atoms with van der Waals surface area (Å²) in [5.41, 5.74) is 1.96. The van der Waals surface area contributed by atoms with Gasteiger partial charge in [0.05, 0.1) is 16.4 Å². The number of aromatic nitrogens is 2. The molecular weight excluding hydrogens is 266 g/mol. The van der Waals surface area contributed by atoms with E-state index in [1.165, 1.54) is 4.88 Å². The molecule has 0 aliphatic heterocycles. The van der Waals surface area contributed by atoms with Crippen molar-refractivity contribution in [3.63, 3.8) is 0 Å². The van der Waals surface area contributed by atoms with E-state index in [4.69, 9.17) is 11.6 Å². The molecule has 2 aromatic rings. The van der Waals surface area contributed by atoms with E-state index in [1.54, 1.807) is 17.5 Å². The van der Waals surface area contributed by atoms with Gasteiger partial charge in [0.15, 0.2) is 0 Å². The molecule has 0 unspecified atom stereocenters. The molecular formula is C13H16ClN3S. The van der Waals surface area contributed by atoms with Crippen molar-refractivity contribution in [1.29, 1.82) is 0 Å². The second-order valence-corrected chi connectivity index (χ2v) is 5.59. The van der Waals surface area contributed by atoms with Crippen molar-refractivity contribution in [2.75, 3.05) is 6.54 Å². The van der Waals surface area contributed by atoms with Crippen LogP contribution in [0.1, 0.15) is 23.9 Å². The Bertz CT molecular complexity index is 507. The summed E-state index contributed by atoms with van der Waals surface area (Å²) in [5, 5.41) is 5.00. The topological polar surface area (TPSA) is 37.8 Å². The van der Waals surface area contributed by atoms with E-state index in [9.17, 15) is 0 Å². The molecule has 0 bridgehead atoms. The van der Waals surface area contributed by atoms with E-state index in [0.717, 1.165) is 35.9 Å². The largest absolute Gasteiger partial charge is 0.312 e. The Morgan fingerprint density at radius 3 is 2.89 bits per heavy atom. The Morgan fingerprint density at radius 1 is 1.39 bits per heavy atom. The molecule has 5 heteroatoms. The molecule has 0 spiro atoms. The van der Waals surface area contributed by atoms with Crippen LogP contribution < -0.4 is 5.32 Å². The molecule has 0 fully saturated rings. The predicted molar refractivity (Wildman–Crippen MR) is 77.1 cm³/mol. The Labute approximate surface area is 116 Å². The third-order valence-corrected chi connectivity index (χ3v) is 3.96. The summed E-state index contributed by atoms with van der Waals surface area (Å²) in [6.07, 6.45) is 2.80. The molecule has 0 aliphatic rings. The molecule has 2 aromatic heterocycles. The van der Waals surface area contributed by atoms with Crippen LogP contribution in [0, 0.1) is 6.92 Å². The zero-order valence-electron chi connectivity index (χ0n) is 10.5. The monoisotopic (exact) mass is 281 g/mol. The Kier molecular flexibility index (Phi) is 4.69. The summed E-state index contributed by atoms with van der Waals surface area (Å²) >= 11 is 7.52. The van der Waals surface area contributed by atoms with Gasteiger partial charge in [0, 0.05) is 17.6 Å². The predicted octanol–water partition coefficient (Wildman–Crippen LogP) is 3.67. The highest BCUT2D eigenvalue weighted by Crippen LogP contribution is 2.26. The van der Waals surface area contributed by atoms with Crippen LogP contribution in [-0.4, -0.2) is 16.5 Å². The van der Waals surface area contributed by atoms with Crippen LogP contribution >= 0.6 is 22.9 Å². The lowest BCUT2D eigenvalue weighted by atomic mass is 10.3. The minimum absolute atomic E-state index is 0.650. The number of hydrogen-bond donors (Lipinski definition) is 1. The molecule has 96 valence electrons. The molecule has 3 nitrogen and oxygen atoms in total. The second kappa shape index (κ2) is 6.27. The Morgan fingerprint density at radius 2 is 2.22 bits per heavy atom. The van der Waals surface area contributed by atoms with Gasteiger partial charge in [-0.05, 0) is 32.0 Å². The van der Waals surface area contributed by atoms with E-state index in [1.807, 2.05) is 19.1 Å². The Hall–Kier alpha value is -0.970. The van der Waals surface area contributed by atoms with Gasteiger partial charge in [0.25, 0.3) is 0 Å². The Balaban J connectivity index is 2.15. The van der Waals surface area contributed by atoms with Gasteiger partial charge in [0.1, 0.15) is 5.01 Å². The van der Waals surface area contributed by atoms with Gasteiger partial charge in [-0.1, -0.05) is 18.5 Å². The van der Waals surface area contributed by atoms with Gasteiger partial charge in [-0.2, -0.15) is 0 Å². The molecule has 1 N–H and O–H groups in total. The van der Waals surface area contributed by atoms with Crippen LogP contribution in [-0.2, 0) is 6.54 Å². The SMILES string of the molecule is CCCNCc1sc(-c2ccc(Cl)cn2)nc1C. The number of rotatable bonds is 5. The van der Waals surface area contributed by atoms with Crippen molar-refractivity contribution in [3.8, 4) is 10.7 Å². The van der Waals surface area contributed by atoms with Gasteiger partial charge in [0.2, 0.25) is 0 Å². The first-order valence-electron chi connectivity index (χ1n) is 5.99. The normalized spacial score (nSPS) is 10.8. The highest BCUT2D eigenvalue weighted by Gasteiger charge is 2.09. The summed E-state index contributed by atoms with van der Waals surface area (Å²) in [6.45, 7) is 6.12. The van der Waals surface area contributed by atoms with Crippen molar-refractivity contribution in [3.05, 3.63) is 33.9 Å². The minimum atomic E-state index is 0.650. The standard InChI is InChI=1S/C13H16ClN3S/c1-3-6-15-8-12-9(2)17-13(18-12)11-5-4-10(14)7-16-11/h4-5,7,15H,3,6,8H2,1-2H3. The minimum Gasteiger partial charge on any atom is -0.312 e. The number of pyridine rings is 1. The second-order valence-electron chi connectivity index (χ2n) is 4.07. The van der Waals surface area contributed by atoms with E-state index in [2.05, 4.69) is 22.2 Å². The van der Waals surface area contributed by atoms with Crippen molar-refractivity contribution in [2.45, 2.75) is 26.8 Å². The zero-order chi connectivity index (χ0) is 13.0. The average Bonchev–Trinajstić information content (AvgIpc) is 2.72. The van der Waals surface area contributed by atoms with E-state index in [-0.39, 0.29) is 0 Å². The van der Waals surface area contributed by atoms with Crippen LogP contribution in [0.2, 0.25) is 5.02 Å². The average molecular weight is 282 g/mol. The van der Waals surface area contributed by atoms with E-state index >= 15 is 0 Å². The third kappa shape index (κ3) is 3.28. The number of nitrogens with zero attached hydrogens (tertiary/aromatic N) is 2. The zero-order valence-corrected chi connectivity index (χ0v) is 12.1. The number of hydrogen-bond acceptors (Lipinski definition) is 4. The molecule has 2 rings (SSSR count). The fourth-order valence-electron chi connectivity index (χ4n) is 1.58. The maximum atomic E-state index is 5.83. The van der Waals surface area contributed by atoms with Gasteiger partial charge in [-0.3, -0.25) is 4.98 Å². The van der Waals surface area contributed by atoms with Crippen LogP contribution in [0.25, 0.3) is 10.7 Å². The molecule has 0 radical (unpaired) electrons. The third-order valence-electron chi connectivity index (χ3n) is 2.55. The lowest BCUT2D eigenvalue weighted by molar-refractivity contribution is 0.678. The molecule has 0 aromatic carbocycles. The summed E-state index contributed by atoms with van der Waals surface area (Å²) in [4.78, 5) is 10.1. The number of thiazole rings is 1. The highest BCUT2D eigenvalue weighted by atomic mass is 35.5. The van der Waals surface area contributed by atoms with Crippen molar-refractivity contribution >= 4 is 22.9 Å². The molecule has 18 heavy (non-hydrogen) atoms. The molecule has 0 aliphatic carbocycles. The summed E-state index contributed by atoms with van der Waals surface area (Å²) in [7, 11) is 0. The van der Waals surface area contributed by atoms with E-state index < -0.39 is 0 Å². The van der Waals surface area contributed by atoms with Gasteiger partial charge in [-0.15, -0.1) is 11.3 Å². The smallest absolute Gasteiger partial charge is 0.142 e. The molecule has 0 saturated carbocycles. The number of halogens is 1. The van der Waals surface area contributed by atoms with Crippen molar-refractivity contribution < 1.29 is 0 Å². The molecule has 0 amide bonds. The fourth-order valence-corrected chi connectivity index (χ4v) is 2.70.